The van der Waals surface area contributed by atoms with Crippen molar-refractivity contribution in [3.63, 3.8) is 0 Å². The third kappa shape index (κ3) is 2.40. The lowest BCUT2D eigenvalue weighted by molar-refractivity contribution is 0.103. The van der Waals surface area contributed by atoms with Crippen LogP contribution in [0.25, 0.3) is 0 Å². The van der Waals surface area contributed by atoms with E-state index >= 15 is 0 Å². The highest BCUT2D eigenvalue weighted by Crippen LogP contribution is 2.18. The molecule has 0 spiro atoms. The first-order chi connectivity index (χ1) is 8.09. The van der Waals surface area contributed by atoms with Crippen LogP contribution in [0.5, 0.6) is 0 Å². The molecule has 1 heterocycles. The Kier molecular flexibility index (Phi) is 3.31. The topological polar surface area (TPSA) is 66.2 Å². The lowest BCUT2D eigenvalue weighted by Crippen LogP contribution is -2.06. The van der Waals surface area contributed by atoms with Crippen molar-refractivity contribution >= 4 is 17.0 Å². The van der Waals surface area contributed by atoms with E-state index in [-0.39, 0.29) is 11.5 Å². The van der Waals surface area contributed by atoms with Gasteiger partial charge in [-0.2, -0.15) is 0 Å². The lowest BCUT2D eigenvalue weighted by Gasteiger charge is -2.08. The van der Waals surface area contributed by atoms with Crippen LogP contribution in [0.3, 0.4) is 0 Å². The van der Waals surface area contributed by atoms with Crippen LogP contribution in [0.1, 0.15) is 21.6 Å². The molecule has 0 saturated heterocycles. The molecule has 0 N–H and O–H groups in total. The molecular formula is C12H11NO3S. The Labute approximate surface area is 102 Å². The molecule has 4 nitrogen and oxygen atoms in total. The molecule has 1 aromatic carbocycles. The maximum atomic E-state index is 12.0. The van der Waals surface area contributed by atoms with Gasteiger partial charge in [-0.3, -0.25) is 4.79 Å². The van der Waals surface area contributed by atoms with Crippen molar-refractivity contribution in [3.05, 3.63) is 47.3 Å². The largest absolute Gasteiger partial charge is 0.612 e. The normalized spacial score (nSPS) is 12.4. The quantitative estimate of drug-likeness (QED) is 0.616. The van der Waals surface area contributed by atoms with E-state index in [0.29, 0.717) is 10.5 Å². The predicted molar refractivity (Wildman–Crippen MR) is 63.4 cm³/mol. The fraction of sp³-hybridized carbons (Fsp3) is 0.167. The SMILES string of the molecule is Cc1ccc(C(=O)c2ccon2)cc1[S+](C)[O-]. The average molecular weight is 249 g/mol. The highest BCUT2D eigenvalue weighted by molar-refractivity contribution is 7.90. The number of rotatable bonds is 3. The van der Waals surface area contributed by atoms with E-state index < -0.39 is 11.2 Å². The van der Waals surface area contributed by atoms with Gasteiger partial charge in [-0.1, -0.05) is 17.3 Å². The standard InChI is InChI=1S/C12H11NO3S/c1-8-3-4-9(7-11(8)17(2)15)12(14)10-5-6-16-13-10/h3-7H,1-2H3. The highest BCUT2D eigenvalue weighted by atomic mass is 32.2. The monoisotopic (exact) mass is 249 g/mol. The van der Waals surface area contributed by atoms with E-state index in [9.17, 15) is 9.35 Å². The van der Waals surface area contributed by atoms with E-state index in [1.807, 2.05) is 6.92 Å². The average Bonchev–Trinajstić information content (AvgIpc) is 2.81. The van der Waals surface area contributed by atoms with Gasteiger partial charge in [0.25, 0.3) is 0 Å². The molecule has 88 valence electrons. The Morgan fingerprint density at radius 3 is 2.76 bits per heavy atom. The number of ketones is 1. The van der Waals surface area contributed by atoms with Gasteiger partial charge in [0.1, 0.15) is 12.5 Å². The van der Waals surface area contributed by atoms with Gasteiger partial charge in [0.15, 0.2) is 10.6 Å². The van der Waals surface area contributed by atoms with Crippen LogP contribution in [-0.2, 0) is 11.2 Å². The highest BCUT2D eigenvalue weighted by Gasteiger charge is 2.16. The summed E-state index contributed by atoms with van der Waals surface area (Å²) >= 11 is -1.11. The van der Waals surface area contributed by atoms with E-state index in [0.717, 1.165) is 5.56 Å². The Hall–Kier alpha value is -1.59. The molecule has 0 saturated carbocycles. The summed E-state index contributed by atoms with van der Waals surface area (Å²) in [5, 5.41) is 3.59. The van der Waals surface area contributed by atoms with Gasteiger partial charge in [0.05, 0.1) is 0 Å². The fourth-order valence-electron chi connectivity index (χ4n) is 1.53. The Bertz CT molecular complexity index is 535. The number of benzene rings is 1. The van der Waals surface area contributed by atoms with Gasteiger partial charge < -0.3 is 9.08 Å². The van der Waals surface area contributed by atoms with Crippen LogP contribution in [0.15, 0.2) is 39.9 Å². The van der Waals surface area contributed by atoms with Crippen LogP contribution >= 0.6 is 0 Å². The molecule has 0 amide bonds. The van der Waals surface area contributed by atoms with Crippen molar-refractivity contribution in [1.82, 2.24) is 5.16 Å². The molecule has 0 bridgehead atoms. The minimum Gasteiger partial charge on any atom is -0.612 e. The molecule has 0 aliphatic carbocycles. The maximum absolute atomic E-state index is 12.0. The molecule has 0 radical (unpaired) electrons. The molecule has 0 aliphatic rings. The summed E-state index contributed by atoms with van der Waals surface area (Å²) in [5.74, 6) is -0.231. The van der Waals surface area contributed by atoms with Gasteiger partial charge in [-0.25, -0.2) is 0 Å². The molecular weight excluding hydrogens is 238 g/mol. The zero-order valence-corrected chi connectivity index (χ0v) is 10.3. The molecule has 2 aromatic rings. The van der Waals surface area contributed by atoms with E-state index in [2.05, 4.69) is 9.68 Å². The van der Waals surface area contributed by atoms with Crippen LogP contribution in [0, 0.1) is 6.92 Å². The van der Waals surface area contributed by atoms with Gasteiger partial charge in [-0.15, -0.1) is 0 Å². The molecule has 1 aromatic heterocycles. The maximum Gasteiger partial charge on any atom is 0.215 e. The summed E-state index contributed by atoms with van der Waals surface area (Å²) < 4.78 is 16.1. The Balaban J connectivity index is 2.40. The predicted octanol–water partition coefficient (Wildman–Crippen LogP) is 1.95. The molecule has 0 fully saturated rings. The van der Waals surface area contributed by atoms with Crippen molar-refractivity contribution in [3.8, 4) is 0 Å². The summed E-state index contributed by atoms with van der Waals surface area (Å²) in [5.41, 5.74) is 1.62. The minimum absolute atomic E-state index is 0.231. The van der Waals surface area contributed by atoms with Crippen molar-refractivity contribution in [2.24, 2.45) is 0 Å². The summed E-state index contributed by atoms with van der Waals surface area (Å²) in [6.45, 7) is 1.86. The Morgan fingerprint density at radius 2 is 2.18 bits per heavy atom. The van der Waals surface area contributed by atoms with Crippen molar-refractivity contribution in [2.45, 2.75) is 11.8 Å². The van der Waals surface area contributed by atoms with Crippen LogP contribution in [0.2, 0.25) is 0 Å². The van der Waals surface area contributed by atoms with Crippen molar-refractivity contribution < 1.29 is 13.9 Å². The van der Waals surface area contributed by atoms with Gasteiger partial charge in [-0.05, 0) is 18.1 Å². The number of nitrogens with zero attached hydrogens (tertiary/aromatic N) is 1. The summed E-state index contributed by atoms with van der Waals surface area (Å²) in [4.78, 5) is 12.6. The van der Waals surface area contributed by atoms with Crippen LogP contribution in [0.4, 0.5) is 0 Å². The van der Waals surface area contributed by atoms with E-state index in [1.165, 1.54) is 12.3 Å². The second-order valence-electron chi connectivity index (χ2n) is 3.65. The molecule has 17 heavy (non-hydrogen) atoms. The molecule has 5 heteroatoms. The third-order valence-electron chi connectivity index (χ3n) is 2.43. The second kappa shape index (κ2) is 4.73. The molecule has 0 aliphatic heterocycles. The Morgan fingerprint density at radius 1 is 1.41 bits per heavy atom. The molecule has 1 unspecified atom stereocenters. The number of aromatic nitrogens is 1. The first-order valence-corrected chi connectivity index (χ1v) is 6.54. The zero-order chi connectivity index (χ0) is 12.4. The molecule has 1 atom stereocenters. The summed E-state index contributed by atoms with van der Waals surface area (Å²) in [6.07, 6.45) is 2.94. The molecule has 2 rings (SSSR count). The number of carbonyl (C=O) groups is 1. The number of aryl methyl sites for hydroxylation is 1. The first kappa shape index (κ1) is 11.9. The van der Waals surface area contributed by atoms with Crippen molar-refractivity contribution in [1.29, 1.82) is 0 Å². The van der Waals surface area contributed by atoms with Gasteiger partial charge >= 0.3 is 0 Å². The third-order valence-corrected chi connectivity index (χ3v) is 3.49. The zero-order valence-electron chi connectivity index (χ0n) is 9.47. The van der Waals surface area contributed by atoms with E-state index in [1.54, 1.807) is 24.5 Å². The fourth-order valence-corrected chi connectivity index (χ4v) is 2.34. The van der Waals surface area contributed by atoms with Crippen LogP contribution < -0.4 is 0 Å². The smallest absolute Gasteiger partial charge is 0.215 e. The first-order valence-electron chi connectivity index (χ1n) is 4.99. The second-order valence-corrected chi connectivity index (χ2v) is 5.00. The minimum atomic E-state index is -1.11. The summed E-state index contributed by atoms with van der Waals surface area (Å²) in [7, 11) is 0. The van der Waals surface area contributed by atoms with Gasteiger partial charge in [0, 0.05) is 23.3 Å². The summed E-state index contributed by atoms with van der Waals surface area (Å²) in [6, 6.07) is 6.62. The number of hydrogen-bond acceptors (Lipinski definition) is 4. The van der Waals surface area contributed by atoms with E-state index in [4.69, 9.17) is 0 Å². The van der Waals surface area contributed by atoms with Gasteiger partial charge in [0.2, 0.25) is 5.78 Å². The number of hydrogen-bond donors (Lipinski definition) is 0. The lowest BCUT2D eigenvalue weighted by atomic mass is 10.1. The van der Waals surface area contributed by atoms with Crippen LogP contribution in [-0.4, -0.2) is 21.7 Å². The number of carbonyl (C=O) groups excluding carboxylic acids is 1. The van der Waals surface area contributed by atoms with Crippen molar-refractivity contribution in [2.75, 3.05) is 6.26 Å².